The Kier molecular flexibility index (Phi) is 2.36. The van der Waals surface area contributed by atoms with Crippen molar-refractivity contribution < 1.29 is 13.6 Å². The molecule has 0 saturated heterocycles. The lowest BCUT2D eigenvalue weighted by Crippen LogP contribution is -1.93. The fourth-order valence-corrected chi connectivity index (χ4v) is 1.44. The van der Waals surface area contributed by atoms with E-state index < -0.39 is 11.6 Å². The molecule has 76 valence electrons. The molecule has 0 fully saturated rings. The number of halogens is 3. The first-order chi connectivity index (χ1) is 7.13. The van der Waals surface area contributed by atoms with Crippen LogP contribution in [0.1, 0.15) is 10.4 Å². The van der Waals surface area contributed by atoms with Crippen LogP contribution in [0.25, 0.3) is 10.9 Å². The zero-order valence-electron chi connectivity index (χ0n) is 7.30. The van der Waals surface area contributed by atoms with E-state index in [1.165, 1.54) is 12.1 Å². The summed E-state index contributed by atoms with van der Waals surface area (Å²) < 4.78 is 26.1. The van der Waals surface area contributed by atoms with Crippen molar-refractivity contribution in [2.45, 2.75) is 0 Å². The highest BCUT2D eigenvalue weighted by molar-refractivity contribution is 6.32. The van der Waals surface area contributed by atoms with Gasteiger partial charge in [-0.3, -0.25) is 4.79 Å². The van der Waals surface area contributed by atoms with Gasteiger partial charge < -0.3 is 0 Å². The average Bonchev–Trinajstić information content (AvgIpc) is 2.24. The maximum absolute atomic E-state index is 13.2. The number of nitrogens with zero attached hydrogens (tertiary/aromatic N) is 1. The van der Waals surface area contributed by atoms with Gasteiger partial charge in [-0.2, -0.15) is 0 Å². The van der Waals surface area contributed by atoms with Gasteiger partial charge in [0.2, 0.25) is 0 Å². The number of aromatic nitrogens is 1. The van der Waals surface area contributed by atoms with Crippen molar-refractivity contribution in [2.75, 3.05) is 0 Å². The number of rotatable bonds is 1. The molecule has 1 heterocycles. The second-order valence-corrected chi connectivity index (χ2v) is 3.28. The van der Waals surface area contributed by atoms with Crippen molar-refractivity contribution in [3.63, 3.8) is 0 Å². The lowest BCUT2D eigenvalue weighted by atomic mass is 10.1. The van der Waals surface area contributed by atoms with Crippen LogP contribution in [0.2, 0.25) is 5.15 Å². The number of aldehydes is 1. The minimum Gasteiger partial charge on any atom is -0.298 e. The molecule has 0 aliphatic rings. The Balaban J connectivity index is 2.87. The van der Waals surface area contributed by atoms with E-state index in [0.717, 1.165) is 6.07 Å². The molecule has 0 saturated carbocycles. The van der Waals surface area contributed by atoms with Crippen molar-refractivity contribution in [3.8, 4) is 0 Å². The molecule has 0 spiro atoms. The van der Waals surface area contributed by atoms with E-state index in [1.807, 2.05) is 0 Å². The van der Waals surface area contributed by atoms with Crippen LogP contribution in [-0.4, -0.2) is 11.3 Å². The first kappa shape index (κ1) is 9.98. The van der Waals surface area contributed by atoms with E-state index in [4.69, 9.17) is 11.6 Å². The third-order valence-corrected chi connectivity index (χ3v) is 2.29. The molecule has 0 N–H and O–H groups in total. The highest BCUT2D eigenvalue weighted by Gasteiger charge is 2.11. The third-order valence-electron chi connectivity index (χ3n) is 1.99. The molecule has 0 aliphatic heterocycles. The Morgan fingerprint density at radius 1 is 1.33 bits per heavy atom. The molecule has 0 bridgehead atoms. The van der Waals surface area contributed by atoms with E-state index in [0.29, 0.717) is 11.7 Å². The lowest BCUT2D eigenvalue weighted by molar-refractivity contribution is 0.112. The Hall–Kier alpha value is -1.55. The summed E-state index contributed by atoms with van der Waals surface area (Å²) in [7, 11) is 0. The summed E-state index contributed by atoms with van der Waals surface area (Å²) in [5.41, 5.74) is -0.0271. The largest absolute Gasteiger partial charge is 0.298 e. The molecule has 0 radical (unpaired) electrons. The molecule has 5 heteroatoms. The number of carbonyl (C=O) groups is 1. The summed E-state index contributed by atoms with van der Waals surface area (Å²) in [4.78, 5) is 14.2. The van der Waals surface area contributed by atoms with Gasteiger partial charge in [-0.15, -0.1) is 0 Å². The normalized spacial score (nSPS) is 10.6. The van der Waals surface area contributed by atoms with Crippen LogP contribution >= 0.6 is 11.6 Å². The number of pyridine rings is 1. The van der Waals surface area contributed by atoms with E-state index in [9.17, 15) is 13.6 Å². The van der Waals surface area contributed by atoms with Crippen molar-refractivity contribution in [3.05, 3.63) is 40.6 Å². The highest BCUT2D eigenvalue weighted by atomic mass is 35.5. The van der Waals surface area contributed by atoms with Crippen LogP contribution in [-0.2, 0) is 0 Å². The molecule has 2 rings (SSSR count). The molecule has 1 aromatic carbocycles. The smallest absolute Gasteiger partial charge is 0.185 e. The van der Waals surface area contributed by atoms with Crippen LogP contribution in [0.3, 0.4) is 0 Å². The van der Waals surface area contributed by atoms with E-state index in [2.05, 4.69) is 4.98 Å². The molecule has 0 amide bonds. The van der Waals surface area contributed by atoms with Crippen LogP contribution in [0.5, 0.6) is 0 Å². The van der Waals surface area contributed by atoms with Gasteiger partial charge in [0.05, 0.1) is 5.56 Å². The number of fused-ring (bicyclic) bond motifs is 1. The van der Waals surface area contributed by atoms with Crippen molar-refractivity contribution in [1.29, 1.82) is 0 Å². The third kappa shape index (κ3) is 1.57. The summed E-state index contributed by atoms with van der Waals surface area (Å²) in [6.07, 6.45) is 0.510. The quantitative estimate of drug-likeness (QED) is 0.554. The maximum atomic E-state index is 13.2. The van der Waals surface area contributed by atoms with Gasteiger partial charge in [0.25, 0.3) is 0 Å². The Bertz CT molecular complexity index is 557. The second-order valence-electron chi connectivity index (χ2n) is 2.92. The van der Waals surface area contributed by atoms with E-state index in [1.54, 1.807) is 0 Å². The first-order valence-electron chi connectivity index (χ1n) is 4.03. The predicted molar refractivity (Wildman–Crippen MR) is 52.1 cm³/mol. The van der Waals surface area contributed by atoms with Gasteiger partial charge in [-0.05, 0) is 18.2 Å². The summed E-state index contributed by atoms with van der Waals surface area (Å²) in [5.74, 6) is -2.06. The van der Waals surface area contributed by atoms with Gasteiger partial charge in [-0.25, -0.2) is 13.8 Å². The molecule has 0 atom stereocenters. The van der Waals surface area contributed by atoms with Gasteiger partial charge in [0.15, 0.2) is 17.9 Å². The fourth-order valence-electron chi connectivity index (χ4n) is 1.26. The number of hydrogen-bond acceptors (Lipinski definition) is 2. The zero-order chi connectivity index (χ0) is 11.0. The Morgan fingerprint density at radius 2 is 2.07 bits per heavy atom. The van der Waals surface area contributed by atoms with Crippen molar-refractivity contribution in [1.82, 2.24) is 4.98 Å². The molecule has 0 unspecified atom stereocenters. The van der Waals surface area contributed by atoms with E-state index in [-0.39, 0.29) is 16.2 Å². The van der Waals surface area contributed by atoms with E-state index >= 15 is 0 Å². The Labute approximate surface area is 88.5 Å². The summed E-state index contributed by atoms with van der Waals surface area (Å²) in [6, 6.07) is 3.67. The van der Waals surface area contributed by atoms with Crippen molar-refractivity contribution in [2.24, 2.45) is 0 Å². The average molecular weight is 228 g/mol. The lowest BCUT2D eigenvalue weighted by Gasteiger charge is -2.02. The highest BCUT2D eigenvalue weighted by Crippen LogP contribution is 2.22. The van der Waals surface area contributed by atoms with Gasteiger partial charge in [0.1, 0.15) is 10.7 Å². The van der Waals surface area contributed by atoms with Gasteiger partial charge >= 0.3 is 0 Å². The van der Waals surface area contributed by atoms with Crippen LogP contribution < -0.4 is 0 Å². The molecular weight excluding hydrogens is 224 g/mol. The number of hydrogen-bond donors (Lipinski definition) is 0. The molecule has 15 heavy (non-hydrogen) atoms. The topological polar surface area (TPSA) is 30.0 Å². The van der Waals surface area contributed by atoms with Crippen LogP contribution in [0.4, 0.5) is 8.78 Å². The van der Waals surface area contributed by atoms with Crippen LogP contribution in [0.15, 0.2) is 18.2 Å². The SMILES string of the molecule is O=Cc1cc2ccc(F)c(F)c2nc1Cl. The fraction of sp³-hybridized carbons (Fsp3) is 0. The maximum Gasteiger partial charge on any atom is 0.185 e. The van der Waals surface area contributed by atoms with Crippen molar-refractivity contribution >= 4 is 28.8 Å². The molecule has 2 nitrogen and oxygen atoms in total. The second kappa shape index (κ2) is 3.55. The summed E-state index contributed by atoms with van der Waals surface area (Å²) in [6.45, 7) is 0. The molecule has 1 aromatic heterocycles. The predicted octanol–water partition coefficient (Wildman–Crippen LogP) is 2.98. The van der Waals surface area contributed by atoms with Crippen LogP contribution in [0, 0.1) is 11.6 Å². The minimum absolute atomic E-state index is 0.137. The number of benzene rings is 1. The molecular formula is C10H4ClF2NO. The monoisotopic (exact) mass is 227 g/mol. The standard InChI is InChI=1S/C10H4ClF2NO/c11-10-6(4-15)3-5-1-2-7(12)8(13)9(5)14-10/h1-4H. The molecule has 0 aliphatic carbocycles. The zero-order valence-corrected chi connectivity index (χ0v) is 8.05. The number of carbonyl (C=O) groups excluding carboxylic acids is 1. The summed E-state index contributed by atoms with van der Waals surface area (Å²) in [5, 5.41) is 0.197. The van der Waals surface area contributed by atoms with Gasteiger partial charge in [0, 0.05) is 5.39 Å². The van der Waals surface area contributed by atoms with Gasteiger partial charge in [-0.1, -0.05) is 11.6 Å². The Morgan fingerprint density at radius 3 is 2.73 bits per heavy atom. The first-order valence-corrected chi connectivity index (χ1v) is 4.40. The summed E-state index contributed by atoms with van der Waals surface area (Å²) >= 11 is 5.60. The minimum atomic E-state index is -1.06. The molecule has 2 aromatic rings.